The van der Waals surface area contributed by atoms with Crippen LogP contribution in [0, 0.1) is 5.41 Å². The van der Waals surface area contributed by atoms with E-state index in [4.69, 9.17) is 16.7 Å². The van der Waals surface area contributed by atoms with Gasteiger partial charge < -0.3 is 5.11 Å². The molecule has 0 saturated carbocycles. The second-order valence-electron chi connectivity index (χ2n) is 4.13. The van der Waals surface area contributed by atoms with Crippen LogP contribution in [0.3, 0.4) is 0 Å². The lowest BCUT2D eigenvalue weighted by Crippen LogP contribution is -2.27. The van der Waals surface area contributed by atoms with E-state index in [1.54, 1.807) is 6.92 Å². The Hall–Kier alpha value is -1.02. The van der Waals surface area contributed by atoms with Crippen LogP contribution in [0.25, 0.3) is 0 Å². The van der Waals surface area contributed by atoms with E-state index in [-0.39, 0.29) is 0 Å². The number of rotatable bonds is 1. The Kier molecular flexibility index (Phi) is 2.04. The van der Waals surface area contributed by atoms with Crippen LogP contribution in [0.1, 0.15) is 18.1 Å². The van der Waals surface area contributed by atoms with Crippen LogP contribution in [0.2, 0.25) is 5.02 Å². The average molecular weight is 211 g/mol. The van der Waals surface area contributed by atoms with Crippen molar-refractivity contribution in [3.8, 4) is 0 Å². The third kappa shape index (κ3) is 1.40. The van der Waals surface area contributed by atoms with Gasteiger partial charge >= 0.3 is 5.97 Å². The van der Waals surface area contributed by atoms with Crippen molar-refractivity contribution in [2.24, 2.45) is 5.41 Å². The van der Waals surface area contributed by atoms with Crippen molar-refractivity contribution < 1.29 is 9.90 Å². The molecule has 0 fully saturated rings. The van der Waals surface area contributed by atoms with Gasteiger partial charge in [0.1, 0.15) is 0 Å². The van der Waals surface area contributed by atoms with Gasteiger partial charge in [-0.05, 0) is 43.0 Å². The van der Waals surface area contributed by atoms with Gasteiger partial charge in [0.2, 0.25) is 0 Å². The maximum absolute atomic E-state index is 11.0. The SMILES string of the molecule is CC1(C(=O)O)Cc2ccc(Cl)cc2C1. The van der Waals surface area contributed by atoms with E-state index in [0.717, 1.165) is 11.1 Å². The lowest BCUT2D eigenvalue weighted by atomic mass is 9.88. The van der Waals surface area contributed by atoms with Gasteiger partial charge in [-0.25, -0.2) is 0 Å². The molecule has 1 unspecified atom stereocenters. The summed E-state index contributed by atoms with van der Waals surface area (Å²) < 4.78 is 0. The first-order valence-corrected chi connectivity index (χ1v) is 4.90. The first-order valence-electron chi connectivity index (χ1n) is 4.52. The van der Waals surface area contributed by atoms with E-state index < -0.39 is 11.4 Å². The van der Waals surface area contributed by atoms with Crippen molar-refractivity contribution in [3.63, 3.8) is 0 Å². The standard InChI is InChI=1S/C11H11ClO2/c1-11(10(13)14)5-7-2-3-9(12)4-8(7)6-11/h2-4H,5-6H2,1H3,(H,13,14). The summed E-state index contributed by atoms with van der Waals surface area (Å²) in [6.45, 7) is 1.78. The van der Waals surface area contributed by atoms with Crippen molar-refractivity contribution >= 4 is 17.6 Å². The van der Waals surface area contributed by atoms with E-state index >= 15 is 0 Å². The van der Waals surface area contributed by atoms with E-state index in [0.29, 0.717) is 17.9 Å². The number of carboxylic acid groups (broad SMARTS) is 1. The number of carboxylic acids is 1. The number of carbonyl (C=O) groups is 1. The molecule has 0 heterocycles. The van der Waals surface area contributed by atoms with Crippen LogP contribution in [0.5, 0.6) is 0 Å². The zero-order valence-corrected chi connectivity index (χ0v) is 8.64. The van der Waals surface area contributed by atoms with Gasteiger partial charge in [0.25, 0.3) is 0 Å². The van der Waals surface area contributed by atoms with Crippen LogP contribution in [0.4, 0.5) is 0 Å². The number of halogens is 1. The minimum atomic E-state index is -0.732. The fourth-order valence-electron chi connectivity index (χ4n) is 1.99. The van der Waals surface area contributed by atoms with Gasteiger partial charge in [-0.2, -0.15) is 0 Å². The molecule has 1 N–H and O–H groups in total. The van der Waals surface area contributed by atoms with Crippen LogP contribution in [-0.4, -0.2) is 11.1 Å². The highest BCUT2D eigenvalue weighted by Crippen LogP contribution is 2.37. The van der Waals surface area contributed by atoms with Gasteiger partial charge in [-0.1, -0.05) is 17.7 Å². The second kappa shape index (κ2) is 2.99. The minimum absolute atomic E-state index is 0.582. The first kappa shape index (κ1) is 9.53. The van der Waals surface area contributed by atoms with Crippen molar-refractivity contribution in [2.45, 2.75) is 19.8 Å². The molecule has 0 amide bonds. The number of hydrogen-bond acceptors (Lipinski definition) is 1. The second-order valence-corrected chi connectivity index (χ2v) is 4.57. The van der Waals surface area contributed by atoms with Gasteiger partial charge in [0.05, 0.1) is 5.41 Å². The molecule has 14 heavy (non-hydrogen) atoms. The molecule has 0 aromatic heterocycles. The Morgan fingerprint density at radius 2 is 2.07 bits per heavy atom. The van der Waals surface area contributed by atoms with Gasteiger partial charge in [-0.3, -0.25) is 4.79 Å². The average Bonchev–Trinajstić information content (AvgIpc) is 2.42. The maximum Gasteiger partial charge on any atom is 0.310 e. The predicted molar refractivity (Wildman–Crippen MR) is 54.6 cm³/mol. The van der Waals surface area contributed by atoms with Crippen molar-refractivity contribution in [2.75, 3.05) is 0 Å². The highest BCUT2D eigenvalue weighted by Gasteiger charge is 2.39. The molecule has 0 spiro atoms. The summed E-state index contributed by atoms with van der Waals surface area (Å²) in [7, 11) is 0. The molecule has 74 valence electrons. The summed E-state index contributed by atoms with van der Waals surface area (Å²) in [6, 6.07) is 5.60. The summed E-state index contributed by atoms with van der Waals surface area (Å²) >= 11 is 5.85. The minimum Gasteiger partial charge on any atom is -0.481 e. The molecular formula is C11H11ClO2. The van der Waals surface area contributed by atoms with Crippen molar-refractivity contribution in [1.29, 1.82) is 0 Å². The Labute approximate surface area is 87.5 Å². The molecule has 2 rings (SSSR count). The van der Waals surface area contributed by atoms with E-state index in [1.165, 1.54) is 0 Å². The monoisotopic (exact) mass is 210 g/mol. The third-order valence-electron chi connectivity index (χ3n) is 2.85. The first-order chi connectivity index (χ1) is 6.51. The lowest BCUT2D eigenvalue weighted by Gasteiger charge is -2.16. The van der Waals surface area contributed by atoms with E-state index in [9.17, 15) is 4.79 Å². The molecule has 0 radical (unpaired) electrons. The maximum atomic E-state index is 11.0. The zero-order valence-electron chi connectivity index (χ0n) is 7.88. The van der Waals surface area contributed by atoms with Gasteiger partial charge in [-0.15, -0.1) is 0 Å². The fourth-order valence-corrected chi connectivity index (χ4v) is 2.18. The van der Waals surface area contributed by atoms with Crippen LogP contribution < -0.4 is 0 Å². The molecule has 1 aliphatic carbocycles. The van der Waals surface area contributed by atoms with Crippen molar-refractivity contribution in [1.82, 2.24) is 0 Å². The zero-order chi connectivity index (χ0) is 10.3. The Bertz CT molecular complexity index is 400. The summed E-state index contributed by atoms with van der Waals surface area (Å²) in [5.41, 5.74) is 1.54. The molecule has 2 nitrogen and oxygen atoms in total. The van der Waals surface area contributed by atoms with Crippen molar-refractivity contribution in [3.05, 3.63) is 34.3 Å². The third-order valence-corrected chi connectivity index (χ3v) is 3.08. The molecule has 0 aliphatic heterocycles. The Morgan fingerprint density at radius 1 is 1.43 bits per heavy atom. The largest absolute Gasteiger partial charge is 0.481 e. The van der Waals surface area contributed by atoms with Crippen LogP contribution in [-0.2, 0) is 17.6 Å². The molecule has 3 heteroatoms. The van der Waals surface area contributed by atoms with Crippen LogP contribution in [0.15, 0.2) is 18.2 Å². The number of benzene rings is 1. The van der Waals surface area contributed by atoms with E-state index in [2.05, 4.69) is 0 Å². The number of aliphatic carboxylic acids is 1. The molecule has 1 atom stereocenters. The van der Waals surface area contributed by atoms with E-state index in [1.807, 2.05) is 18.2 Å². The summed E-state index contributed by atoms with van der Waals surface area (Å²) in [4.78, 5) is 11.0. The number of hydrogen-bond donors (Lipinski definition) is 1. The molecule has 1 aromatic rings. The highest BCUT2D eigenvalue weighted by atomic mass is 35.5. The molecule has 1 aromatic carbocycles. The van der Waals surface area contributed by atoms with Crippen LogP contribution >= 0.6 is 11.6 Å². The topological polar surface area (TPSA) is 37.3 Å². The molecule has 1 aliphatic rings. The molecular weight excluding hydrogens is 200 g/mol. The smallest absolute Gasteiger partial charge is 0.310 e. The molecule has 0 saturated heterocycles. The summed E-state index contributed by atoms with van der Waals surface area (Å²) in [6.07, 6.45) is 1.19. The highest BCUT2D eigenvalue weighted by molar-refractivity contribution is 6.30. The summed E-state index contributed by atoms with van der Waals surface area (Å²) in [5, 5.41) is 9.76. The summed E-state index contributed by atoms with van der Waals surface area (Å²) in [5.74, 6) is -0.732. The Balaban J connectivity index is 2.39. The molecule has 0 bridgehead atoms. The quantitative estimate of drug-likeness (QED) is 0.774. The fraction of sp³-hybridized carbons (Fsp3) is 0.364. The van der Waals surface area contributed by atoms with Gasteiger partial charge in [0.15, 0.2) is 0 Å². The lowest BCUT2D eigenvalue weighted by molar-refractivity contribution is -0.147. The normalized spacial score (nSPS) is 24.7. The Morgan fingerprint density at radius 3 is 2.71 bits per heavy atom. The number of fused-ring (bicyclic) bond motifs is 1. The van der Waals surface area contributed by atoms with Gasteiger partial charge in [0, 0.05) is 5.02 Å². The predicted octanol–water partition coefficient (Wildman–Crippen LogP) is 2.53.